The van der Waals surface area contributed by atoms with Gasteiger partial charge >= 0.3 is 0 Å². The zero-order valence-electron chi connectivity index (χ0n) is 15.9. The van der Waals surface area contributed by atoms with E-state index in [4.69, 9.17) is 0 Å². The summed E-state index contributed by atoms with van der Waals surface area (Å²) in [6.07, 6.45) is 2.17. The largest absolute Gasteiger partial charge is 0.357 e. The normalized spacial score (nSPS) is 23.6. The van der Waals surface area contributed by atoms with Crippen molar-refractivity contribution < 1.29 is 4.39 Å². The molecule has 27 heavy (non-hydrogen) atoms. The van der Waals surface area contributed by atoms with E-state index in [0.717, 1.165) is 49.6 Å². The van der Waals surface area contributed by atoms with Crippen LogP contribution in [-0.2, 0) is 0 Å². The fraction of sp³-hybridized carbons (Fsp3) is 0.500. The lowest BCUT2D eigenvalue weighted by Crippen LogP contribution is -2.44. The van der Waals surface area contributed by atoms with Crippen molar-refractivity contribution in [1.29, 1.82) is 0 Å². The van der Waals surface area contributed by atoms with Gasteiger partial charge in [-0.25, -0.2) is 9.37 Å². The van der Waals surface area contributed by atoms with Crippen LogP contribution in [0.2, 0.25) is 0 Å². The number of nitrogens with zero attached hydrogens (tertiary/aromatic N) is 3. The van der Waals surface area contributed by atoms with Gasteiger partial charge in [0.1, 0.15) is 11.6 Å². The molecule has 4 rings (SSSR count). The maximum absolute atomic E-state index is 13.7. The van der Waals surface area contributed by atoms with Gasteiger partial charge in [0.05, 0.1) is 0 Å². The van der Waals surface area contributed by atoms with Crippen LogP contribution in [0, 0.1) is 18.7 Å². The minimum atomic E-state index is -0.160. The monoisotopic (exact) mass is 370 g/mol. The summed E-state index contributed by atoms with van der Waals surface area (Å²) in [4.78, 5) is 11.3. The zero-order chi connectivity index (χ0) is 18.8. The molecule has 2 aromatic rings. The molecule has 6 nitrogen and oxygen atoms in total. The first-order chi connectivity index (χ1) is 13.1. The third-order valence-electron chi connectivity index (χ3n) is 5.74. The SMILES string of the molecule is CNc1nc(C)cc(N2CCC(C3NNCC3c3cccc(F)c3)CC2)n1. The van der Waals surface area contributed by atoms with Gasteiger partial charge in [0.25, 0.3) is 0 Å². The van der Waals surface area contributed by atoms with Gasteiger partial charge in [-0.15, -0.1) is 0 Å². The molecule has 7 heteroatoms. The molecule has 3 heterocycles. The second-order valence-corrected chi connectivity index (χ2v) is 7.48. The van der Waals surface area contributed by atoms with Gasteiger partial charge in [-0.05, 0) is 43.4 Å². The van der Waals surface area contributed by atoms with E-state index in [0.29, 0.717) is 23.8 Å². The Morgan fingerprint density at radius 3 is 2.74 bits per heavy atom. The summed E-state index contributed by atoms with van der Waals surface area (Å²) >= 11 is 0. The van der Waals surface area contributed by atoms with E-state index in [9.17, 15) is 4.39 Å². The number of hydrazine groups is 1. The maximum Gasteiger partial charge on any atom is 0.224 e. The number of aryl methyl sites for hydroxylation is 1. The van der Waals surface area contributed by atoms with E-state index in [1.165, 1.54) is 6.07 Å². The summed E-state index contributed by atoms with van der Waals surface area (Å²) in [6, 6.07) is 9.40. The Labute approximate surface area is 159 Å². The number of rotatable bonds is 4. The first-order valence-corrected chi connectivity index (χ1v) is 9.66. The number of hydrogen-bond acceptors (Lipinski definition) is 6. The van der Waals surface area contributed by atoms with Gasteiger partial charge in [-0.1, -0.05) is 12.1 Å². The Bertz CT molecular complexity index is 790. The van der Waals surface area contributed by atoms with Crippen molar-refractivity contribution in [2.75, 3.05) is 36.9 Å². The predicted octanol–water partition coefficient (Wildman–Crippen LogP) is 2.44. The molecule has 2 atom stereocenters. The average Bonchev–Trinajstić information content (AvgIpc) is 3.17. The second-order valence-electron chi connectivity index (χ2n) is 7.48. The van der Waals surface area contributed by atoms with Gasteiger partial charge in [0.15, 0.2) is 0 Å². The van der Waals surface area contributed by atoms with Crippen LogP contribution in [0.15, 0.2) is 30.3 Å². The van der Waals surface area contributed by atoms with Crippen LogP contribution in [0.1, 0.15) is 30.0 Å². The van der Waals surface area contributed by atoms with E-state index in [1.54, 1.807) is 12.1 Å². The molecule has 2 aliphatic rings. The maximum atomic E-state index is 13.7. The van der Waals surface area contributed by atoms with Crippen LogP contribution in [0.3, 0.4) is 0 Å². The first kappa shape index (κ1) is 18.1. The van der Waals surface area contributed by atoms with Gasteiger partial charge in [0, 0.05) is 50.4 Å². The fourth-order valence-corrected chi connectivity index (χ4v) is 4.34. The zero-order valence-corrected chi connectivity index (χ0v) is 15.9. The summed E-state index contributed by atoms with van der Waals surface area (Å²) in [5, 5.41) is 3.03. The number of anilines is 2. The van der Waals surface area contributed by atoms with E-state index < -0.39 is 0 Å². The lowest BCUT2D eigenvalue weighted by Gasteiger charge is -2.37. The fourth-order valence-electron chi connectivity index (χ4n) is 4.34. The molecule has 0 amide bonds. The van der Waals surface area contributed by atoms with Crippen LogP contribution in [0.4, 0.5) is 16.2 Å². The third kappa shape index (κ3) is 3.89. The Morgan fingerprint density at radius 2 is 2.00 bits per heavy atom. The molecule has 2 saturated heterocycles. The standard InChI is InChI=1S/C20H27FN6/c1-13-10-18(25-20(22-2)24-13)27-8-6-14(7-9-27)19-17(12-23-26-19)15-4-3-5-16(21)11-15/h3-5,10-11,14,17,19,23,26H,6-9,12H2,1-2H3,(H,22,24,25). The van der Waals surface area contributed by atoms with Crippen LogP contribution in [0.5, 0.6) is 0 Å². The summed E-state index contributed by atoms with van der Waals surface area (Å²) in [5.74, 6) is 2.35. The third-order valence-corrected chi connectivity index (χ3v) is 5.74. The van der Waals surface area contributed by atoms with E-state index in [2.05, 4.69) is 31.0 Å². The first-order valence-electron chi connectivity index (χ1n) is 9.66. The predicted molar refractivity (Wildman–Crippen MR) is 105 cm³/mol. The molecule has 144 valence electrons. The molecule has 1 aromatic heterocycles. The van der Waals surface area contributed by atoms with Crippen molar-refractivity contribution in [3.63, 3.8) is 0 Å². The lowest BCUT2D eigenvalue weighted by atomic mass is 9.80. The van der Waals surface area contributed by atoms with Gasteiger partial charge in [-0.2, -0.15) is 4.98 Å². The van der Waals surface area contributed by atoms with E-state index in [1.807, 2.05) is 26.1 Å². The molecule has 0 aliphatic carbocycles. The molecule has 3 N–H and O–H groups in total. The molecule has 0 saturated carbocycles. The number of aromatic nitrogens is 2. The number of nitrogens with one attached hydrogen (secondary N) is 3. The van der Waals surface area contributed by atoms with Crippen LogP contribution in [0.25, 0.3) is 0 Å². The van der Waals surface area contributed by atoms with Crippen molar-refractivity contribution in [2.24, 2.45) is 5.92 Å². The minimum Gasteiger partial charge on any atom is -0.357 e. The highest BCUT2D eigenvalue weighted by molar-refractivity contribution is 5.45. The van der Waals surface area contributed by atoms with Crippen LogP contribution in [-0.4, -0.2) is 42.7 Å². The minimum absolute atomic E-state index is 0.160. The average molecular weight is 370 g/mol. The van der Waals surface area contributed by atoms with Crippen LogP contribution < -0.4 is 21.1 Å². The number of hydrogen-bond donors (Lipinski definition) is 3. The topological polar surface area (TPSA) is 65.1 Å². The summed E-state index contributed by atoms with van der Waals surface area (Å²) in [7, 11) is 1.84. The Morgan fingerprint density at radius 1 is 1.19 bits per heavy atom. The lowest BCUT2D eigenvalue weighted by molar-refractivity contribution is 0.295. The quantitative estimate of drug-likeness (QED) is 0.768. The summed E-state index contributed by atoms with van der Waals surface area (Å²) in [5.41, 5.74) is 8.78. The molecule has 0 bridgehead atoms. The molecule has 1 aromatic carbocycles. The number of piperidine rings is 1. The van der Waals surface area contributed by atoms with E-state index in [-0.39, 0.29) is 5.82 Å². The highest BCUT2D eigenvalue weighted by Gasteiger charge is 2.36. The summed E-state index contributed by atoms with van der Waals surface area (Å²) in [6.45, 7) is 4.78. The van der Waals surface area contributed by atoms with Crippen molar-refractivity contribution in [1.82, 2.24) is 20.8 Å². The second kappa shape index (κ2) is 7.78. The Hall–Kier alpha value is -2.25. The van der Waals surface area contributed by atoms with Crippen LogP contribution >= 0.6 is 0 Å². The van der Waals surface area contributed by atoms with Crippen molar-refractivity contribution >= 4 is 11.8 Å². The Balaban J connectivity index is 1.43. The molecule has 2 unspecified atom stereocenters. The van der Waals surface area contributed by atoms with Gasteiger partial charge in [0.2, 0.25) is 5.95 Å². The van der Waals surface area contributed by atoms with Crippen molar-refractivity contribution in [3.05, 3.63) is 47.4 Å². The van der Waals surface area contributed by atoms with E-state index >= 15 is 0 Å². The smallest absolute Gasteiger partial charge is 0.224 e. The van der Waals surface area contributed by atoms with Crippen molar-refractivity contribution in [3.8, 4) is 0 Å². The molecule has 2 aliphatic heterocycles. The molecule has 0 radical (unpaired) electrons. The highest BCUT2D eigenvalue weighted by Crippen LogP contribution is 2.33. The summed E-state index contributed by atoms with van der Waals surface area (Å²) < 4.78 is 13.7. The van der Waals surface area contributed by atoms with Gasteiger partial charge in [-0.3, -0.25) is 10.9 Å². The van der Waals surface area contributed by atoms with Crippen molar-refractivity contribution in [2.45, 2.75) is 31.7 Å². The molecular formula is C20H27FN6. The molecule has 0 spiro atoms. The molecular weight excluding hydrogens is 343 g/mol. The Kier molecular flexibility index (Phi) is 5.22. The number of benzene rings is 1. The van der Waals surface area contributed by atoms with Gasteiger partial charge < -0.3 is 10.2 Å². The number of halogens is 1. The molecule has 2 fully saturated rings. The highest BCUT2D eigenvalue weighted by atomic mass is 19.1.